The molecule has 1 rings (SSSR count). The molecular weight excluding hydrogens is 191 g/mol. The number of hydrogen-bond acceptors (Lipinski definition) is 1. The van der Waals surface area contributed by atoms with Gasteiger partial charge in [0.1, 0.15) is 0 Å². The molecule has 0 aromatic carbocycles. The Kier molecular flexibility index (Phi) is 3.45. The topological polar surface area (TPSA) is 3.24 Å². The first-order chi connectivity index (χ1) is 6.32. The molecule has 0 N–H and O–H groups in total. The molecule has 1 saturated carbocycles. The maximum atomic E-state index is 12.5. The first-order valence-corrected chi connectivity index (χ1v) is 5.05. The van der Waals surface area contributed by atoms with Crippen LogP contribution < -0.4 is 0 Å². The van der Waals surface area contributed by atoms with Gasteiger partial charge in [0.25, 0.3) is 0 Å². The van der Waals surface area contributed by atoms with E-state index < -0.39 is 12.1 Å². The predicted octanol–water partition coefficient (Wildman–Crippen LogP) is 2.92. The highest BCUT2D eigenvalue weighted by Gasteiger charge is 2.44. The molecule has 0 aromatic heterocycles. The maximum Gasteiger partial charge on any atom is 0.391 e. The summed E-state index contributed by atoms with van der Waals surface area (Å²) >= 11 is 0. The van der Waals surface area contributed by atoms with Gasteiger partial charge in [-0.25, -0.2) is 0 Å². The van der Waals surface area contributed by atoms with Gasteiger partial charge >= 0.3 is 6.18 Å². The van der Waals surface area contributed by atoms with Crippen molar-refractivity contribution in [3.05, 3.63) is 0 Å². The van der Waals surface area contributed by atoms with Crippen molar-refractivity contribution in [2.24, 2.45) is 11.8 Å². The minimum absolute atomic E-state index is 0.0791. The van der Waals surface area contributed by atoms with E-state index in [9.17, 15) is 13.2 Å². The molecule has 0 bridgehead atoms. The Morgan fingerprint density at radius 2 is 1.71 bits per heavy atom. The van der Waals surface area contributed by atoms with Crippen LogP contribution in [0, 0.1) is 11.8 Å². The zero-order chi connectivity index (χ0) is 10.9. The van der Waals surface area contributed by atoms with Gasteiger partial charge in [0.05, 0.1) is 5.92 Å². The van der Waals surface area contributed by atoms with Crippen LogP contribution in [-0.4, -0.2) is 31.2 Å². The molecule has 0 saturated heterocycles. The molecule has 0 aliphatic heterocycles. The van der Waals surface area contributed by atoms with E-state index in [2.05, 4.69) is 0 Å². The quantitative estimate of drug-likeness (QED) is 0.641. The molecule has 0 radical (unpaired) electrons. The molecule has 1 nitrogen and oxygen atoms in total. The van der Waals surface area contributed by atoms with E-state index in [0.717, 1.165) is 0 Å². The maximum absolute atomic E-state index is 12.5. The zero-order valence-corrected chi connectivity index (χ0v) is 8.93. The fourth-order valence-electron chi connectivity index (χ4n) is 2.32. The Morgan fingerprint density at radius 1 is 1.14 bits per heavy atom. The third-order valence-corrected chi connectivity index (χ3v) is 3.28. The zero-order valence-electron chi connectivity index (χ0n) is 8.93. The summed E-state index contributed by atoms with van der Waals surface area (Å²) in [7, 11) is 3.72. The van der Waals surface area contributed by atoms with Crippen LogP contribution >= 0.6 is 0 Å². The lowest BCUT2D eigenvalue weighted by Crippen LogP contribution is -2.42. The summed E-state index contributed by atoms with van der Waals surface area (Å²) in [6, 6.07) is 0.0791. The smallest absolute Gasteiger partial charge is 0.306 e. The molecule has 0 amide bonds. The highest BCUT2D eigenvalue weighted by molar-refractivity contribution is 4.85. The Bertz CT molecular complexity index is 188. The van der Waals surface area contributed by atoms with E-state index >= 15 is 0 Å². The minimum Gasteiger partial charge on any atom is -0.306 e. The molecule has 84 valence electrons. The second-order valence-corrected chi connectivity index (χ2v) is 4.56. The molecule has 1 fully saturated rings. The molecule has 0 spiro atoms. The Balaban J connectivity index is 2.62. The van der Waals surface area contributed by atoms with Crippen molar-refractivity contribution < 1.29 is 13.2 Å². The monoisotopic (exact) mass is 209 g/mol. The molecule has 14 heavy (non-hydrogen) atoms. The molecular formula is C10H18F3N. The van der Waals surface area contributed by atoms with E-state index in [1.165, 1.54) is 0 Å². The van der Waals surface area contributed by atoms with Crippen LogP contribution in [0.1, 0.15) is 26.2 Å². The van der Waals surface area contributed by atoms with Gasteiger partial charge in [0.15, 0.2) is 0 Å². The van der Waals surface area contributed by atoms with Crippen LogP contribution in [0.2, 0.25) is 0 Å². The summed E-state index contributed by atoms with van der Waals surface area (Å²) in [6.07, 6.45) is -2.76. The summed E-state index contributed by atoms with van der Waals surface area (Å²) in [5.41, 5.74) is 0. The van der Waals surface area contributed by atoms with Crippen LogP contribution in [0.4, 0.5) is 13.2 Å². The third kappa shape index (κ3) is 2.62. The van der Waals surface area contributed by atoms with Crippen LogP contribution in [0.25, 0.3) is 0 Å². The van der Waals surface area contributed by atoms with Gasteiger partial charge < -0.3 is 4.90 Å². The van der Waals surface area contributed by atoms with E-state index in [1.54, 1.807) is 0 Å². The Labute approximate surface area is 83.3 Å². The van der Waals surface area contributed by atoms with Crippen LogP contribution in [0.15, 0.2) is 0 Å². The van der Waals surface area contributed by atoms with Gasteiger partial charge in [-0.1, -0.05) is 6.92 Å². The molecule has 3 atom stereocenters. The van der Waals surface area contributed by atoms with Crippen molar-refractivity contribution in [2.45, 2.75) is 38.4 Å². The van der Waals surface area contributed by atoms with Gasteiger partial charge in [0, 0.05) is 6.04 Å². The lowest BCUT2D eigenvalue weighted by atomic mass is 9.78. The van der Waals surface area contributed by atoms with Crippen LogP contribution in [0.5, 0.6) is 0 Å². The molecule has 0 heterocycles. The van der Waals surface area contributed by atoms with Crippen molar-refractivity contribution in [2.75, 3.05) is 14.1 Å². The number of nitrogens with zero attached hydrogens (tertiary/aromatic N) is 1. The van der Waals surface area contributed by atoms with Crippen molar-refractivity contribution in [3.63, 3.8) is 0 Å². The Morgan fingerprint density at radius 3 is 2.14 bits per heavy atom. The largest absolute Gasteiger partial charge is 0.391 e. The molecule has 0 aromatic rings. The number of halogens is 3. The second-order valence-electron chi connectivity index (χ2n) is 4.56. The summed E-state index contributed by atoms with van der Waals surface area (Å²) < 4.78 is 37.5. The lowest BCUT2D eigenvalue weighted by molar-refractivity contribution is -0.188. The first kappa shape index (κ1) is 11.8. The average molecular weight is 209 g/mol. The van der Waals surface area contributed by atoms with Crippen LogP contribution in [-0.2, 0) is 0 Å². The fraction of sp³-hybridized carbons (Fsp3) is 1.00. The highest BCUT2D eigenvalue weighted by atomic mass is 19.4. The van der Waals surface area contributed by atoms with Gasteiger partial charge in [-0.3, -0.25) is 0 Å². The summed E-state index contributed by atoms with van der Waals surface area (Å²) in [4.78, 5) is 1.92. The summed E-state index contributed by atoms with van der Waals surface area (Å²) in [6.45, 7) is 2.04. The van der Waals surface area contributed by atoms with Crippen molar-refractivity contribution in [1.82, 2.24) is 4.90 Å². The first-order valence-electron chi connectivity index (χ1n) is 5.05. The van der Waals surface area contributed by atoms with E-state index in [4.69, 9.17) is 0 Å². The lowest BCUT2D eigenvalue weighted by Gasteiger charge is -2.38. The van der Waals surface area contributed by atoms with Crippen molar-refractivity contribution in [1.29, 1.82) is 0 Å². The predicted molar refractivity (Wildman–Crippen MR) is 50.0 cm³/mol. The minimum atomic E-state index is -4.01. The van der Waals surface area contributed by atoms with Crippen molar-refractivity contribution in [3.8, 4) is 0 Å². The molecule has 4 heteroatoms. The molecule has 1 aliphatic carbocycles. The fourth-order valence-corrected chi connectivity index (χ4v) is 2.32. The van der Waals surface area contributed by atoms with E-state index in [-0.39, 0.29) is 12.5 Å². The summed E-state index contributed by atoms with van der Waals surface area (Å²) in [5.74, 6) is -0.713. The van der Waals surface area contributed by atoms with Crippen molar-refractivity contribution >= 4 is 0 Å². The number of hydrogen-bond donors (Lipinski definition) is 0. The number of rotatable bonds is 1. The van der Waals surface area contributed by atoms with Crippen LogP contribution in [0.3, 0.4) is 0 Å². The Hall–Kier alpha value is -0.250. The highest BCUT2D eigenvalue weighted by Crippen LogP contribution is 2.40. The van der Waals surface area contributed by atoms with E-state index in [0.29, 0.717) is 18.8 Å². The van der Waals surface area contributed by atoms with Gasteiger partial charge in [-0.2, -0.15) is 13.2 Å². The van der Waals surface area contributed by atoms with Gasteiger partial charge in [-0.05, 0) is 39.3 Å². The van der Waals surface area contributed by atoms with E-state index in [1.807, 2.05) is 25.9 Å². The second kappa shape index (κ2) is 4.09. The third-order valence-electron chi connectivity index (χ3n) is 3.28. The standard InChI is InChI=1S/C10H18F3N/c1-7-4-5-8(10(11,12)13)6-9(7)14(2)3/h7-9H,4-6H2,1-3H3/t7-,8-,9-/m0/s1. The van der Waals surface area contributed by atoms with Gasteiger partial charge in [-0.15, -0.1) is 0 Å². The SMILES string of the molecule is C[C@H]1CC[C@H](C(F)(F)F)C[C@@H]1N(C)C. The summed E-state index contributed by atoms with van der Waals surface area (Å²) in [5, 5.41) is 0. The molecule has 1 aliphatic rings. The molecule has 0 unspecified atom stereocenters. The average Bonchev–Trinajstić information content (AvgIpc) is 2.02. The normalized spacial score (nSPS) is 34.9. The number of alkyl halides is 3. The van der Waals surface area contributed by atoms with Gasteiger partial charge in [0.2, 0.25) is 0 Å².